The van der Waals surface area contributed by atoms with Crippen LogP contribution in [0.1, 0.15) is 53.9 Å². The number of nitrogens with two attached hydrogens (primary N) is 1. The first-order chi connectivity index (χ1) is 11.0. The summed E-state index contributed by atoms with van der Waals surface area (Å²) in [6, 6.07) is 1.82. The van der Waals surface area contributed by atoms with Crippen LogP contribution in [0.4, 0.5) is 5.95 Å². The molecule has 0 saturated carbocycles. The Bertz CT molecular complexity index is 686. The van der Waals surface area contributed by atoms with E-state index in [2.05, 4.69) is 28.8 Å². The van der Waals surface area contributed by atoms with E-state index in [-0.39, 0.29) is 17.9 Å². The summed E-state index contributed by atoms with van der Waals surface area (Å²) in [5.74, 6) is 0.528. The molecule has 0 radical (unpaired) electrons. The van der Waals surface area contributed by atoms with Crippen molar-refractivity contribution in [2.24, 2.45) is 5.92 Å². The molecule has 2 aromatic heterocycles. The van der Waals surface area contributed by atoms with Gasteiger partial charge in [-0.3, -0.25) is 4.79 Å². The van der Waals surface area contributed by atoms with Crippen LogP contribution in [-0.4, -0.2) is 32.3 Å². The third kappa shape index (κ3) is 3.50. The maximum atomic E-state index is 12.9. The molecule has 122 valence electrons. The Morgan fingerprint density at radius 3 is 3.00 bits per heavy atom. The summed E-state index contributed by atoms with van der Waals surface area (Å²) in [7, 11) is 0. The van der Waals surface area contributed by atoms with Gasteiger partial charge in [0, 0.05) is 23.8 Å². The summed E-state index contributed by atoms with van der Waals surface area (Å²) in [6.07, 6.45) is 4.49. The van der Waals surface area contributed by atoms with Gasteiger partial charge in [-0.05, 0) is 31.2 Å². The van der Waals surface area contributed by atoms with Crippen LogP contribution < -0.4 is 5.73 Å². The van der Waals surface area contributed by atoms with Gasteiger partial charge in [0.1, 0.15) is 10.7 Å². The third-order valence-electron chi connectivity index (χ3n) is 3.88. The van der Waals surface area contributed by atoms with Gasteiger partial charge in [0.2, 0.25) is 5.95 Å². The molecule has 23 heavy (non-hydrogen) atoms. The van der Waals surface area contributed by atoms with Gasteiger partial charge in [0.15, 0.2) is 0 Å². The number of hydrogen-bond acceptors (Lipinski definition) is 6. The van der Waals surface area contributed by atoms with Crippen molar-refractivity contribution in [3.8, 4) is 0 Å². The fourth-order valence-electron chi connectivity index (χ4n) is 2.96. The maximum absolute atomic E-state index is 12.9. The fourth-order valence-corrected chi connectivity index (χ4v) is 3.75. The minimum Gasteiger partial charge on any atom is -0.368 e. The first kappa shape index (κ1) is 15.9. The zero-order chi connectivity index (χ0) is 16.4. The second kappa shape index (κ2) is 6.62. The maximum Gasteiger partial charge on any atom is 0.273 e. The molecule has 1 amide bonds. The molecule has 7 heteroatoms. The van der Waals surface area contributed by atoms with E-state index in [0.717, 1.165) is 36.5 Å². The number of nitrogens with zero attached hydrogens (tertiary/aromatic N) is 4. The highest BCUT2D eigenvalue weighted by Gasteiger charge is 2.33. The molecule has 0 bridgehead atoms. The standard InChI is InChI=1S/C16H21N5OS/c1-10(2)8-11-9-12(20-16(17)19-11)15(22)21-6-3-4-13(21)14-18-5-7-23-14/h5,7,9-10,13H,3-4,6,8H2,1-2H3,(H2,17,19,20). The van der Waals surface area contributed by atoms with E-state index < -0.39 is 0 Å². The van der Waals surface area contributed by atoms with Gasteiger partial charge in [-0.25, -0.2) is 15.0 Å². The van der Waals surface area contributed by atoms with E-state index in [9.17, 15) is 4.79 Å². The van der Waals surface area contributed by atoms with E-state index in [4.69, 9.17) is 5.73 Å². The lowest BCUT2D eigenvalue weighted by Crippen LogP contribution is -2.31. The molecule has 1 unspecified atom stereocenters. The van der Waals surface area contributed by atoms with Gasteiger partial charge in [-0.1, -0.05) is 13.8 Å². The van der Waals surface area contributed by atoms with E-state index in [0.29, 0.717) is 11.6 Å². The first-order valence-electron chi connectivity index (χ1n) is 7.88. The Labute approximate surface area is 139 Å². The second-order valence-electron chi connectivity index (χ2n) is 6.23. The third-order valence-corrected chi connectivity index (χ3v) is 4.76. The van der Waals surface area contributed by atoms with Crippen LogP contribution in [0.5, 0.6) is 0 Å². The van der Waals surface area contributed by atoms with Crippen molar-refractivity contribution in [1.29, 1.82) is 0 Å². The zero-order valence-electron chi connectivity index (χ0n) is 13.4. The van der Waals surface area contributed by atoms with Gasteiger partial charge in [0.25, 0.3) is 5.91 Å². The Morgan fingerprint density at radius 1 is 1.48 bits per heavy atom. The number of carbonyl (C=O) groups excluding carboxylic acids is 1. The van der Waals surface area contributed by atoms with E-state index >= 15 is 0 Å². The molecule has 3 rings (SSSR count). The number of thiazole rings is 1. The Kier molecular flexibility index (Phi) is 4.56. The summed E-state index contributed by atoms with van der Waals surface area (Å²) in [5.41, 5.74) is 7.00. The Balaban J connectivity index is 1.86. The first-order valence-corrected chi connectivity index (χ1v) is 8.76. The SMILES string of the molecule is CC(C)Cc1cc(C(=O)N2CCCC2c2nccs2)nc(N)n1. The van der Waals surface area contributed by atoms with Crippen molar-refractivity contribution in [2.45, 2.75) is 39.2 Å². The van der Waals surface area contributed by atoms with Crippen LogP contribution in [0.3, 0.4) is 0 Å². The fraction of sp³-hybridized carbons (Fsp3) is 0.500. The van der Waals surface area contributed by atoms with Crippen molar-refractivity contribution in [3.05, 3.63) is 34.0 Å². The molecule has 6 nitrogen and oxygen atoms in total. The van der Waals surface area contributed by atoms with Crippen molar-refractivity contribution in [1.82, 2.24) is 19.9 Å². The van der Waals surface area contributed by atoms with Crippen molar-refractivity contribution < 1.29 is 4.79 Å². The normalized spacial score (nSPS) is 17.9. The van der Waals surface area contributed by atoms with E-state index in [1.54, 1.807) is 23.6 Å². The van der Waals surface area contributed by atoms with Gasteiger partial charge in [-0.15, -0.1) is 11.3 Å². The molecule has 2 N–H and O–H groups in total. The van der Waals surface area contributed by atoms with Gasteiger partial charge in [-0.2, -0.15) is 0 Å². The number of nitrogen functional groups attached to an aromatic ring is 1. The van der Waals surface area contributed by atoms with Gasteiger partial charge < -0.3 is 10.6 Å². The number of amides is 1. The average Bonchev–Trinajstić information content (AvgIpc) is 3.15. The minimum absolute atomic E-state index is 0.0484. The largest absolute Gasteiger partial charge is 0.368 e. The molecule has 3 heterocycles. The molecular formula is C16H21N5OS. The number of hydrogen-bond donors (Lipinski definition) is 1. The Hall–Kier alpha value is -2.02. The molecule has 1 saturated heterocycles. The highest BCUT2D eigenvalue weighted by Crippen LogP contribution is 2.33. The summed E-state index contributed by atoms with van der Waals surface area (Å²) in [5, 5.41) is 2.93. The number of carbonyl (C=O) groups is 1. The van der Waals surface area contributed by atoms with Crippen molar-refractivity contribution in [3.63, 3.8) is 0 Å². The predicted molar refractivity (Wildman–Crippen MR) is 90.1 cm³/mol. The highest BCUT2D eigenvalue weighted by atomic mass is 32.1. The zero-order valence-corrected chi connectivity index (χ0v) is 14.2. The minimum atomic E-state index is -0.0817. The van der Waals surface area contributed by atoms with E-state index in [1.165, 1.54) is 0 Å². The summed E-state index contributed by atoms with van der Waals surface area (Å²) in [6.45, 7) is 4.95. The molecule has 0 spiro atoms. The second-order valence-corrected chi connectivity index (χ2v) is 7.15. The molecule has 1 atom stereocenters. The molecule has 1 fully saturated rings. The number of aromatic nitrogens is 3. The predicted octanol–water partition coefficient (Wildman–Crippen LogP) is 2.69. The van der Waals surface area contributed by atoms with Crippen LogP contribution >= 0.6 is 11.3 Å². The van der Waals surface area contributed by atoms with Crippen LogP contribution in [-0.2, 0) is 6.42 Å². The van der Waals surface area contributed by atoms with Crippen LogP contribution in [0, 0.1) is 5.92 Å². The number of rotatable bonds is 4. The van der Waals surface area contributed by atoms with Gasteiger partial charge in [0.05, 0.1) is 6.04 Å². The molecule has 1 aliphatic rings. The molecule has 0 aliphatic carbocycles. The lowest BCUT2D eigenvalue weighted by atomic mass is 10.1. The topological polar surface area (TPSA) is 85.0 Å². The lowest BCUT2D eigenvalue weighted by Gasteiger charge is -2.23. The summed E-state index contributed by atoms with van der Waals surface area (Å²) in [4.78, 5) is 27.5. The number of likely N-dealkylation sites (tertiary alicyclic amines) is 1. The summed E-state index contributed by atoms with van der Waals surface area (Å²) >= 11 is 1.59. The van der Waals surface area contributed by atoms with E-state index in [1.807, 2.05) is 10.3 Å². The smallest absolute Gasteiger partial charge is 0.273 e. The molecule has 1 aliphatic heterocycles. The molecule has 0 aromatic carbocycles. The van der Waals surface area contributed by atoms with Crippen LogP contribution in [0.25, 0.3) is 0 Å². The van der Waals surface area contributed by atoms with Crippen LogP contribution in [0.15, 0.2) is 17.6 Å². The molecule has 2 aromatic rings. The monoisotopic (exact) mass is 331 g/mol. The average molecular weight is 331 g/mol. The van der Waals surface area contributed by atoms with Crippen LogP contribution in [0.2, 0.25) is 0 Å². The van der Waals surface area contributed by atoms with Crippen molar-refractivity contribution >= 4 is 23.2 Å². The molecular weight excluding hydrogens is 310 g/mol. The number of anilines is 1. The van der Waals surface area contributed by atoms with Crippen molar-refractivity contribution in [2.75, 3.05) is 12.3 Å². The van der Waals surface area contributed by atoms with Gasteiger partial charge >= 0.3 is 0 Å². The lowest BCUT2D eigenvalue weighted by molar-refractivity contribution is 0.0729. The highest BCUT2D eigenvalue weighted by molar-refractivity contribution is 7.09. The quantitative estimate of drug-likeness (QED) is 0.931. The Morgan fingerprint density at radius 2 is 2.30 bits per heavy atom. The summed E-state index contributed by atoms with van der Waals surface area (Å²) < 4.78 is 0.